The average molecular weight is 340 g/mol. The molecular formula is C22H20N4. The van der Waals surface area contributed by atoms with E-state index in [0.29, 0.717) is 0 Å². The summed E-state index contributed by atoms with van der Waals surface area (Å²) in [4.78, 5) is 8.36. The van der Waals surface area contributed by atoms with E-state index >= 15 is 0 Å². The monoisotopic (exact) mass is 340 g/mol. The number of rotatable bonds is 6. The molecular weight excluding hydrogens is 320 g/mol. The first-order chi connectivity index (χ1) is 12.9. The van der Waals surface area contributed by atoms with Crippen LogP contribution in [0.2, 0.25) is 0 Å². The summed E-state index contributed by atoms with van der Waals surface area (Å²) in [5.41, 5.74) is 5.66. The third-order valence-electron chi connectivity index (χ3n) is 4.37. The second kappa shape index (κ2) is 7.74. The van der Waals surface area contributed by atoms with Crippen molar-refractivity contribution >= 4 is 0 Å². The summed E-state index contributed by atoms with van der Waals surface area (Å²) in [6.07, 6.45) is 11.5. The van der Waals surface area contributed by atoms with Gasteiger partial charge in [0.2, 0.25) is 0 Å². The highest BCUT2D eigenvalue weighted by atomic mass is 15.3. The molecule has 0 spiro atoms. The Kier molecular flexibility index (Phi) is 4.83. The lowest BCUT2D eigenvalue weighted by molar-refractivity contribution is 0.580. The van der Waals surface area contributed by atoms with Gasteiger partial charge in [0.15, 0.2) is 0 Å². The van der Waals surface area contributed by atoms with Crippen LogP contribution in [0.15, 0.2) is 85.6 Å². The van der Waals surface area contributed by atoms with Crippen LogP contribution in [0.4, 0.5) is 0 Å². The number of hydrogen-bond donors (Lipinski definition) is 0. The third-order valence-corrected chi connectivity index (χ3v) is 4.37. The number of aromatic nitrogens is 4. The molecule has 4 aromatic rings. The van der Waals surface area contributed by atoms with Gasteiger partial charge in [-0.3, -0.25) is 14.6 Å². The van der Waals surface area contributed by atoms with Crippen molar-refractivity contribution in [3.63, 3.8) is 0 Å². The maximum absolute atomic E-state index is 4.73. The quantitative estimate of drug-likeness (QED) is 0.513. The average Bonchev–Trinajstić information content (AvgIpc) is 3.19. The molecule has 0 atom stereocenters. The van der Waals surface area contributed by atoms with E-state index in [9.17, 15) is 0 Å². The SMILES string of the molecule is c1cncc(CCCn2ccc(-c3cccc(-c4cccnc4)c3)n2)c1. The molecule has 4 heteroatoms. The van der Waals surface area contributed by atoms with Gasteiger partial charge in [-0.2, -0.15) is 5.10 Å². The molecule has 4 nitrogen and oxygen atoms in total. The van der Waals surface area contributed by atoms with Gasteiger partial charge in [0.25, 0.3) is 0 Å². The Bertz CT molecular complexity index is 962. The van der Waals surface area contributed by atoms with Crippen LogP contribution >= 0.6 is 0 Å². The molecule has 26 heavy (non-hydrogen) atoms. The molecule has 0 saturated carbocycles. The molecule has 0 N–H and O–H groups in total. The van der Waals surface area contributed by atoms with Crippen molar-refractivity contribution in [2.75, 3.05) is 0 Å². The lowest BCUT2D eigenvalue weighted by Crippen LogP contribution is -2.00. The zero-order chi connectivity index (χ0) is 17.6. The Morgan fingerprint density at radius 3 is 2.38 bits per heavy atom. The summed E-state index contributed by atoms with van der Waals surface area (Å²) in [6, 6.07) is 18.6. The van der Waals surface area contributed by atoms with Crippen molar-refractivity contribution in [3.8, 4) is 22.4 Å². The van der Waals surface area contributed by atoms with Crippen LogP contribution in [0.5, 0.6) is 0 Å². The molecule has 0 amide bonds. The van der Waals surface area contributed by atoms with E-state index in [0.717, 1.165) is 41.8 Å². The molecule has 0 fully saturated rings. The first-order valence-corrected chi connectivity index (χ1v) is 8.82. The number of nitrogens with zero attached hydrogens (tertiary/aromatic N) is 4. The normalized spacial score (nSPS) is 10.8. The van der Waals surface area contributed by atoms with Gasteiger partial charge in [0.1, 0.15) is 0 Å². The van der Waals surface area contributed by atoms with Crippen LogP contribution in [0, 0.1) is 0 Å². The van der Waals surface area contributed by atoms with E-state index in [4.69, 9.17) is 5.10 Å². The summed E-state index contributed by atoms with van der Waals surface area (Å²) in [6.45, 7) is 0.900. The highest BCUT2D eigenvalue weighted by Gasteiger charge is 2.05. The minimum absolute atomic E-state index is 0.900. The van der Waals surface area contributed by atoms with Gasteiger partial charge in [0.05, 0.1) is 5.69 Å². The molecule has 0 aliphatic heterocycles. The maximum atomic E-state index is 4.73. The van der Waals surface area contributed by atoms with Crippen molar-refractivity contribution < 1.29 is 0 Å². The van der Waals surface area contributed by atoms with E-state index in [1.807, 2.05) is 35.4 Å². The second-order valence-corrected chi connectivity index (χ2v) is 6.25. The summed E-state index contributed by atoms with van der Waals surface area (Å²) in [5, 5.41) is 4.73. The number of hydrogen-bond acceptors (Lipinski definition) is 3. The fraction of sp³-hybridized carbons (Fsp3) is 0.136. The van der Waals surface area contributed by atoms with E-state index < -0.39 is 0 Å². The van der Waals surface area contributed by atoms with Gasteiger partial charge in [-0.05, 0) is 48.2 Å². The molecule has 0 aliphatic carbocycles. The molecule has 0 radical (unpaired) electrons. The smallest absolute Gasteiger partial charge is 0.0923 e. The lowest BCUT2D eigenvalue weighted by atomic mass is 10.0. The molecule has 1 aromatic carbocycles. The van der Waals surface area contributed by atoms with Crippen molar-refractivity contribution in [3.05, 3.63) is 91.1 Å². The molecule has 3 aromatic heterocycles. The molecule has 0 saturated heterocycles. The first kappa shape index (κ1) is 16.2. The Hall–Kier alpha value is -3.27. The minimum Gasteiger partial charge on any atom is -0.272 e. The highest BCUT2D eigenvalue weighted by Crippen LogP contribution is 2.24. The van der Waals surface area contributed by atoms with E-state index in [1.54, 1.807) is 6.20 Å². The maximum Gasteiger partial charge on any atom is 0.0923 e. The summed E-state index contributed by atoms with van der Waals surface area (Å²) in [5.74, 6) is 0. The Labute approximate surface area is 153 Å². The van der Waals surface area contributed by atoms with Crippen LogP contribution in [-0.4, -0.2) is 19.7 Å². The van der Waals surface area contributed by atoms with E-state index in [-0.39, 0.29) is 0 Å². The summed E-state index contributed by atoms with van der Waals surface area (Å²) in [7, 11) is 0. The fourth-order valence-electron chi connectivity index (χ4n) is 3.02. The Morgan fingerprint density at radius 2 is 1.58 bits per heavy atom. The fourth-order valence-corrected chi connectivity index (χ4v) is 3.02. The molecule has 128 valence electrons. The van der Waals surface area contributed by atoms with Crippen molar-refractivity contribution in [2.24, 2.45) is 0 Å². The van der Waals surface area contributed by atoms with Crippen LogP contribution in [0.1, 0.15) is 12.0 Å². The van der Waals surface area contributed by atoms with Gasteiger partial charge in [-0.1, -0.05) is 30.3 Å². The zero-order valence-corrected chi connectivity index (χ0v) is 14.5. The third kappa shape index (κ3) is 3.86. The van der Waals surface area contributed by atoms with Gasteiger partial charge >= 0.3 is 0 Å². The van der Waals surface area contributed by atoms with Crippen LogP contribution in [0.3, 0.4) is 0 Å². The molecule has 0 bridgehead atoms. The van der Waals surface area contributed by atoms with Crippen LogP contribution < -0.4 is 0 Å². The standard InChI is InChI=1S/C22H20N4/c1-7-19(21-9-3-12-24-17-21)15-20(8-1)22-10-14-26(25-22)13-4-6-18-5-2-11-23-16-18/h1-3,5,7-12,14-17H,4,6,13H2. The number of pyridine rings is 2. The van der Waals surface area contributed by atoms with Crippen molar-refractivity contribution in [2.45, 2.75) is 19.4 Å². The predicted octanol–water partition coefficient (Wildman–Crippen LogP) is 4.64. The van der Waals surface area contributed by atoms with Crippen molar-refractivity contribution in [1.29, 1.82) is 0 Å². The van der Waals surface area contributed by atoms with Gasteiger partial charge in [-0.25, -0.2) is 0 Å². The molecule has 0 aliphatic rings. The Balaban J connectivity index is 1.44. The van der Waals surface area contributed by atoms with Crippen LogP contribution in [-0.2, 0) is 13.0 Å². The van der Waals surface area contributed by atoms with Gasteiger partial charge < -0.3 is 0 Å². The first-order valence-electron chi connectivity index (χ1n) is 8.82. The lowest BCUT2D eigenvalue weighted by Gasteiger charge is -2.04. The largest absolute Gasteiger partial charge is 0.272 e. The minimum atomic E-state index is 0.900. The van der Waals surface area contributed by atoms with Crippen LogP contribution in [0.25, 0.3) is 22.4 Å². The topological polar surface area (TPSA) is 43.6 Å². The molecule has 0 unspecified atom stereocenters. The summed E-state index contributed by atoms with van der Waals surface area (Å²) < 4.78 is 2.02. The predicted molar refractivity (Wildman–Crippen MR) is 103 cm³/mol. The van der Waals surface area contributed by atoms with E-state index in [2.05, 4.69) is 58.6 Å². The highest BCUT2D eigenvalue weighted by molar-refractivity contribution is 5.70. The summed E-state index contributed by atoms with van der Waals surface area (Å²) >= 11 is 0. The Morgan fingerprint density at radius 1 is 0.769 bits per heavy atom. The van der Waals surface area contributed by atoms with Gasteiger partial charge in [0, 0.05) is 48.7 Å². The molecule has 3 heterocycles. The number of aryl methyl sites for hydroxylation is 2. The number of benzene rings is 1. The van der Waals surface area contributed by atoms with Gasteiger partial charge in [-0.15, -0.1) is 0 Å². The second-order valence-electron chi connectivity index (χ2n) is 6.25. The van der Waals surface area contributed by atoms with Crippen molar-refractivity contribution in [1.82, 2.24) is 19.7 Å². The zero-order valence-electron chi connectivity index (χ0n) is 14.5. The molecule has 4 rings (SSSR count). The van der Waals surface area contributed by atoms with E-state index in [1.165, 1.54) is 5.56 Å².